The lowest BCUT2D eigenvalue weighted by molar-refractivity contribution is 0.112. The van der Waals surface area contributed by atoms with Gasteiger partial charge in [-0.15, -0.1) is 0 Å². The molecule has 2 unspecified atom stereocenters. The van der Waals surface area contributed by atoms with Gasteiger partial charge < -0.3 is 10.1 Å². The van der Waals surface area contributed by atoms with E-state index in [2.05, 4.69) is 17.1 Å². The van der Waals surface area contributed by atoms with Crippen LogP contribution in [0.4, 0.5) is 0 Å². The molecule has 0 amide bonds. The van der Waals surface area contributed by atoms with Crippen molar-refractivity contribution in [2.24, 2.45) is 5.92 Å². The van der Waals surface area contributed by atoms with E-state index in [4.69, 9.17) is 4.74 Å². The van der Waals surface area contributed by atoms with Crippen molar-refractivity contribution in [2.45, 2.75) is 31.8 Å². The van der Waals surface area contributed by atoms with E-state index in [0.29, 0.717) is 12.1 Å². The molecule has 1 aromatic rings. The largest absolute Gasteiger partial charge is 0.492 e. The summed E-state index contributed by atoms with van der Waals surface area (Å²) in [6.45, 7) is 6.42. The number of para-hydroxylation sites is 1. The minimum absolute atomic E-state index is 0.620. The number of piperazine rings is 1. The van der Waals surface area contributed by atoms with Crippen molar-refractivity contribution in [3.63, 3.8) is 0 Å². The standard InChI is InChI=1S/C16H24N2O/c1-13-11-17-16(14-7-8-14)12-18(13)9-10-19-15-5-3-2-4-6-15/h2-6,13-14,16-17H,7-12H2,1H3. The first kappa shape index (κ1) is 12.9. The normalized spacial score (nSPS) is 28.3. The van der Waals surface area contributed by atoms with Crippen LogP contribution in [0.3, 0.4) is 0 Å². The van der Waals surface area contributed by atoms with Crippen molar-refractivity contribution in [1.29, 1.82) is 0 Å². The molecule has 19 heavy (non-hydrogen) atoms. The smallest absolute Gasteiger partial charge is 0.119 e. The molecule has 1 N–H and O–H groups in total. The highest BCUT2D eigenvalue weighted by atomic mass is 16.5. The van der Waals surface area contributed by atoms with E-state index in [1.54, 1.807) is 0 Å². The molecule has 2 atom stereocenters. The molecule has 3 heteroatoms. The first-order chi connectivity index (χ1) is 9.33. The van der Waals surface area contributed by atoms with E-state index in [9.17, 15) is 0 Å². The summed E-state index contributed by atoms with van der Waals surface area (Å²) in [7, 11) is 0. The third kappa shape index (κ3) is 3.48. The third-order valence-corrected chi connectivity index (χ3v) is 4.31. The second-order valence-corrected chi connectivity index (χ2v) is 5.86. The van der Waals surface area contributed by atoms with Crippen LogP contribution in [0.15, 0.2) is 30.3 Å². The molecular formula is C16H24N2O. The van der Waals surface area contributed by atoms with Crippen LogP contribution in [0.2, 0.25) is 0 Å². The van der Waals surface area contributed by atoms with E-state index in [-0.39, 0.29) is 0 Å². The lowest BCUT2D eigenvalue weighted by Crippen LogP contribution is -2.56. The molecule has 3 rings (SSSR count). The van der Waals surface area contributed by atoms with E-state index in [0.717, 1.165) is 31.4 Å². The number of rotatable bonds is 5. The Morgan fingerprint density at radius 1 is 1.26 bits per heavy atom. The van der Waals surface area contributed by atoms with Gasteiger partial charge in [-0.3, -0.25) is 4.90 Å². The maximum Gasteiger partial charge on any atom is 0.119 e. The van der Waals surface area contributed by atoms with Crippen LogP contribution in [0.1, 0.15) is 19.8 Å². The fourth-order valence-corrected chi connectivity index (χ4v) is 2.87. The highest BCUT2D eigenvalue weighted by Crippen LogP contribution is 2.34. The molecule has 3 nitrogen and oxygen atoms in total. The molecule has 1 saturated heterocycles. The van der Waals surface area contributed by atoms with Gasteiger partial charge in [0, 0.05) is 31.7 Å². The molecule has 104 valence electrons. The SMILES string of the molecule is CC1CNC(C2CC2)CN1CCOc1ccccc1. The number of nitrogens with one attached hydrogen (secondary N) is 1. The van der Waals surface area contributed by atoms with Crippen LogP contribution in [0.25, 0.3) is 0 Å². The summed E-state index contributed by atoms with van der Waals surface area (Å²) in [5, 5.41) is 3.69. The molecule has 0 spiro atoms. The maximum absolute atomic E-state index is 5.81. The van der Waals surface area contributed by atoms with Gasteiger partial charge in [0.2, 0.25) is 0 Å². The van der Waals surface area contributed by atoms with Gasteiger partial charge in [-0.2, -0.15) is 0 Å². The van der Waals surface area contributed by atoms with Crippen LogP contribution < -0.4 is 10.1 Å². The van der Waals surface area contributed by atoms with Crippen LogP contribution in [-0.4, -0.2) is 43.2 Å². The van der Waals surface area contributed by atoms with Gasteiger partial charge in [-0.25, -0.2) is 0 Å². The Morgan fingerprint density at radius 2 is 2.05 bits per heavy atom. The van der Waals surface area contributed by atoms with Crippen molar-refractivity contribution in [3.05, 3.63) is 30.3 Å². The van der Waals surface area contributed by atoms with E-state index in [1.165, 1.54) is 19.4 Å². The van der Waals surface area contributed by atoms with Gasteiger partial charge in [0.15, 0.2) is 0 Å². The summed E-state index contributed by atoms with van der Waals surface area (Å²) in [5.41, 5.74) is 0. The highest BCUT2D eigenvalue weighted by Gasteiger charge is 2.35. The van der Waals surface area contributed by atoms with Gasteiger partial charge in [0.05, 0.1) is 0 Å². The lowest BCUT2D eigenvalue weighted by atomic mass is 10.1. The molecule has 1 heterocycles. The zero-order chi connectivity index (χ0) is 13.1. The topological polar surface area (TPSA) is 24.5 Å². The molecule has 0 bridgehead atoms. The molecular weight excluding hydrogens is 236 g/mol. The summed E-state index contributed by atoms with van der Waals surface area (Å²) < 4.78 is 5.81. The highest BCUT2D eigenvalue weighted by molar-refractivity contribution is 5.20. The van der Waals surface area contributed by atoms with Gasteiger partial charge in [0.1, 0.15) is 12.4 Å². The van der Waals surface area contributed by atoms with E-state index < -0.39 is 0 Å². The van der Waals surface area contributed by atoms with Crippen molar-refractivity contribution < 1.29 is 4.74 Å². The molecule has 0 radical (unpaired) electrons. The van der Waals surface area contributed by atoms with Crippen LogP contribution in [0, 0.1) is 5.92 Å². The monoisotopic (exact) mass is 260 g/mol. The zero-order valence-corrected chi connectivity index (χ0v) is 11.7. The summed E-state index contributed by atoms with van der Waals surface area (Å²) in [4.78, 5) is 2.57. The Kier molecular flexibility index (Phi) is 4.04. The van der Waals surface area contributed by atoms with Crippen molar-refractivity contribution in [3.8, 4) is 5.75 Å². The van der Waals surface area contributed by atoms with Crippen LogP contribution in [0.5, 0.6) is 5.75 Å². The van der Waals surface area contributed by atoms with E-state index >= 15 is 0 Å². The fourth-order valence-electron chi connectivity index (χ4n) is 2.87. The third-order valence-electron chi connectivity index (χ3n) is 4.31. The zero-order valence-electron chi connectivity index (χ0n) is 11.7. The van der Waals surface area contributed by atoms with E-state index in [1.807, 2.05) is 30.3 Å². The van der Waals surface area contributed by atoms with Crippen molar-refractivity contribution in [2.75, 3.05) is 26.2 Å². The Hall–Kier alpha value is -1.06. The average molecular weight is 260 g/mol. The number of nitrogens with zero attached hydrogens (tertiary/aromatic N) is 1. The summed E-state index contributed by atoms with van der Waals surface area (Å²) >= 11 is 0. The van der Waals surface area contributed by atoms with Gasteiger partial charge in [-0.05, 0) is 37.8 Å². The molecule has 1 saturated carbocycles. The molecule has 1 aromatic carbocycles. The minimum Gasteiger partial charge on any atom is -0.492 e. The Balaban J connectivity index is 1.45. The maximum atomic E-state index is 5.81. The molecule has 2 aliphatic rings. The molecule has 0 aromatic heterocycles. The number of ether oxygens (including phenoxy) is 1. The van der Waals surface area contributed by atoms with Gasteiger partial charge in [-0.1, -0.05) is 18.2 Å². The average Bonchev–Trinajstić information content (AvgIpc) is 3.27. The fraction of sp³-hybridized carbons (Fsp3) is 0.625. The molecule has 1 aliphatic heterocycles. The number of benzene rings is 1. The first-order valence-corrected chi connectivity index (χ1v) is 7.48. The second-order valence-electron chi connectivity index (χ2n) is 5.86. The summed E-state index contributed by atoms with van der Waals surface area (Å²) in [6, 6.07) is 11.4. The predicted molar refractivity (Wildman–Crippen MR) is 77.5 cm³/mol. The first-order valence-electron chi connectivity index (χ1n) is 7.48. The van der Waals surface area contributed by atoms with Crippen molar-refractivity contribution >= 4 is 0 Å². The number of hydrogen-bond donors (Lipinski definition) is 1. The lowest BCUT2D eigenvalue weighted by Gasteiger charge is -2.38. The Labute approximate surface area is 115 Å². The quantitative estimate of drug-likeness (QED) is 0.878. The Bertz CT molecular complexity index is 391. The minimum atomic E-state index is 0.620. The number of hydrogen-bond acceptors (Lipinski definition) is 3. The predicted octanol–water partition coefficient (Wildman–Crippen LogP) is 2.14. The van der Waals surface area contributed by atoms with Crippen LogP contribution >= 0.6 is 0 Å². The van der Waals surface area contributed by atoms with Crippen LogP contribution in [-0.2, 0) is 0 Å². The Morgan fingerprint density at radius 3 is 2.79 bits per heavy atom. The summed E-state index contributed by atoms with van der Waals surface area (Å²) in [6.07, 6.45) is 2.83. The second kappa shape index (κ2) is 5.93. The van der Waals surface area contributed by atoms with Gasteiger partial charge >= 0.3 is 0 Å². The molecule has 1 aliphatic carbocycles. The summed E-state index contributed by atoms with van der Waals surface area (Å²) in [5.74, 6) is 1.91. The van der Waals surface area contributed by atoms with Crippen molar-refractivity contribution in [1.82, 2.24) is 10.2 Å². The molecule has 2 fully saturated rings. The van der Waals surface area contributed by atoms with Gasteiger partial charge in [0.25, 0.3) is 0 Å².